The fourth-order valence-electron chi connectivity index (χ4n) is 2.11. The molecule has 0 aliphatic heterocycles. The molecule has 100 valence electrons. The first-order chi connectivity index (χ1) is 9.24. The zero-order valence-electron chi connectivity index (χ0n) is 11.4. The van der Waals surface area contributed by atoms with E-state index in [-0.39, 0.29) is 4.83 Å². The molecule has 0 amide bonds. The molecule has 0 nitrogen and oxygen atoms in total. The summed E-state index contributed by atoms with van der Waals surface area (Å²) in [6.07, 6.45) is 4.47. The summed E-state index contributed by atoms with van der Waals surface area (Å²) in [4.78, 5) is 1.58. The maximum Gasteiger partial charge on any atom is 0.0644 e. The molecule has 0 aliphatic rings. The minimum atomic E-state index is 0.277. The lowest BCUT2D eigenvalue weighted by molar-refractivity contribution is 0.920. The van der Waals surface area contributed by atoms with Crippen LogP contribution in [0.2, 0.25) is 0 Å². The Morgan fingerprint density at radius 1 is 0.947 bits per heavy atom. The average molecular weight is 335 g/mol. The van der Waals surface area contributed by atoms with Crippen molar-refractivity contribution in [1.82, 2.24) is 0 Å². The maximum absolute atomic E-state index is 3.80. The van der Waals surface area contributed by atoms with E-state index >= 15 is 0 Å². The van der Waals surface area contributed by atoms with Gasteiger partial charge in [-0.15, -0.1) is 11.8 Å². The van der Waals surface area contributed by atoms with E-state index in [2.05, 4.69) is 77.6 Å². The van der Waals surface area contributed by atoms with Gasteiger partial charge in [0.15, 0.2) is 0 Å². The number of hydrogen-bond acceptors (Lipinski definition) is 1. The molecule has 1 unspecified atom stereocenters. The molecule has 2 aromatic carbocycles. The highest BCUT2D eigenvalue weighted by molar-refractivity contribution is 9.09. The largest absolute Gasteiger partial charge is 0.130 e. The van der Waals surface area contributed by atoms with Crippen molar-refractivity contribution >= 4 is 27.7 Å². The van der Waals surface area contributed by atoms with Crippen molar-refractivity contribution < 1.29 is 0 Å². The molecule has 0 radical (unpaired) electrons. The summed E-state index contributed by atoms with van der Waals surface area (Å²) in [5.41, 5.74) is 4.04. The van der Waals surface area contributed by atoms with Gasteiger partial charge in [-0.1, -0.05) is 65.7 Å². The number of benzene rings is 2. The van der Waals surface area contributed by atoms with Crippen LogP contribution < -0.4 is 0 Å². The second kappa shape index (κ2) is 7.16. The normalized spacial score (nSPS) is 12.4. The highest BCUT2D eigenvalue weighted by Crippen LogP contribution is 2.31. The summed E-state index contributed by atoms with van der Waals surface area (Å²) in [6.45, 7) is 2.22. The van der Waals surface area contributed by atoms with Crippen LogP contribution in [0.3, 0.4) is 0 Å². The number of aryl methyl sites for hydroxylation is 1. The smallest absolute Gasteiger partial charge is 0.0644 e. The molecular formula is C17H19BrS. The molecule has 0 N–H and O–H groups in total. The van der Waals surface area contributed by atoms with Crippen molar-refractivity contribution in [2.45, 2.75) is 29.5 Å². The molecule has 2 heteroatoms. The number of rotatable bonds is 5. The van der Waals surface area contributed by atoms with E-state index < -0.39 is 0 Å². The molecule has 1 atom stereocenters. The Morgan fingerprint density at radius 3 is 1.95 bits per heavy atom. The number of halogens is 1. The summed E-state index contributed by atoms with van der Waals surface area (Å²) in [7, 11) is 0. The van der Waals surface area contributed by atoms with Crippen LogP contribution in [0.4, 0.5) is 0 Å². The van der Waals surface area contributed by atoms with Gasteiger partial charge in [-0.05, 0) is 41.5 Å². The lowest BCUT2D eigenvalue weighted by atomic mass is 10.0. The topological polar surface area (TPSA) is 0 Å². The van der Waals surface area contributed by atoms with Crippen molar-refractivity contribution in [1.29, 1.82) is 0 Å². The highest BCUT2D eigenvalue weighted by atomic mass is 79.9. The van der Waals surface area contributed by atoms with Crippen LogP contribution in [0.15, 0.2) is 53.4 Å². The van der Waals surface area contributed by atoms with Crippen LogP contribution in [-0.4, -0.2) is 6.26 Å². The van der Waals surface area contributed by atoms with Crippen LogP contribution in [0.5, 0.6) is 0 Å². The third-order valence-electron chi connectivity index (χ3n) is 3.22. The SMILES string of the molecule is CCCc1ccc(C(Br)c2ccc(SC)cc2)cc1. The first kappa shape index (κ1) is 14.7. The zero-order valence-corrected chi connectivity index (χ0v) is 13.8. The summed E-state index contributed by atoms with van der Waals surface area (Å²) >= 11 is 5.57. The van der Waals surface area contributed by atoms with E-state index in [0.717, 1.165) is 6.42 Å². The Labute approximate surface area is 128 Å². The summed E-state index contributed by atoms with van der Waals surface area (Å²) in [5.74, 6) is 0. The van der Waals surface area contributed by atoms with Crippen molar-refractivity contribution in [2.24, 2.45) is 0 Å². The minimum Gasteiger partial charge on any atom is -0.130 e. The highest BCUT2D eigenvalue weighted by Gasteiger charge is 2.09. The van der Waals surface area contributed by atoms with Gasteiger partial charge >= 0.3 is 0 Å². The molecule has 0 spiro atoms. The Kier molecular flexibility index (Phi) is 5.53. The van der Waals surface area contributed by atoms with E-state index in [0.29, 0.717) is 0 Å². The molecule has 0 saturated carbocycles. The second-order valence-electron chi connectivity index (χ2n) is 4.63. The van der Waals surface area contributed by atoms with Gasteiger partial charge in [0.25, 0.3) is 0 Å². The summed E-state index contributed by atoms with van der Waals surface area (Å²) < 4.78 is 0. The molecule has 2 rings (SSSR count). The Balaban J connectivity index is 2.15. The molecular weight excluding hydrogens is 316 g/mol. The Bertz CT molecular complexity index is 502. The first-order valence-corrected chi connectivity index (χ1v) is 8.75. The van der Waals surface area contributed by atoms with Crippen LogP contribution in [0, 0.1) is 0 Å². The fraction of sp³-hybridized carbons (Fsp3) is 0.294. The van der Waals surface area contributed by atoms with E-state index in [1.807, 2.05) is 0 Å². The standard InChI is InChI=1S/C17H19BrS/c1-3-4-13-5-7-14(8-6-13)17(18)15-9-11-16(19-2)12-10-15/h5-12,17H,3-4H2,1-2H3. The van der Waals surface area contributed by atoms with Crippen molar-refractivity contribution in [2.75, 3.05) is 6.26 Å². The van der Waals surface area contributed by atoms with E-state index in [1.54, 1.807) is 11.8 Å². The Morgan fingerprint density at radius 2 is 1.47 bits per heavy atom. The maximum atomic E-state index is 3.80. The molecule has 0 fully saturated rings. The van der Waals surface area contributed by atoms with Gasteiger partial charge in [-0.25, -0.2) is 0 Å². The molecule has 0 aliphatic carbocycles. The summed E-state index contributed by atoms with van der Waals surface area (Å²) in [6, 6.07) is 17.7. The van der Waals surface area contributed by atoms with Gasteiger partial charge in [-0.3, -0.25) is 0 Å². The van der Waals surface area contributed by atoms with Gasteiger partial charge in [-0.2, -0.15) is 0 Å². The van der Waals surface area contributed by atoms with Crippen LogP contribution in [0.25, 0.3) is 0 Å². The molecule has 0 saturated heterocycles. The fourth-order valence-corrected chi connectivity index (χ4v) is 3.13. The number of thioether (sulfide) groups is 1. The van der Waals surface area contributed by atoms with Crippen molar-refractivity contribution in [3.05, 3.63) is 65.2 Å². The predicted molar refractivity (Wildman–Crippen MR) is 89.4 cm³/mol. The van der Waals surface area contributed by atoms with Gasteiger partial charge in [0.2, 0.25) is 0 Å². The third kappa shape index (κ3) is 3.87. The quantitative estimate of drug-likeness (QED) is 0.488. The molecule has 0 bridgehead atoms. The second-order valence-corrected chi connectivity index (χ2v) is 6.42. The van der Waals surface area contributed by atoms with Gasteiger partial charge in [0.05, 0.1) is 4.83 Å². The Hall–Kier alpha value is -0.730. The predicted octanol–water partition coefficient (Wildman–Crippen LogP) is 5.85. The lowest BCUT2D eigenvalue weighted by Gasteiger charge is -2.12. The average Bonchev–Trinajstić information content (AvgIpc) is 2.48. The third-order valence-corrected chi connectivity index (χ3v) is 5.02. The van der Waals surface area contributed by atoms with Crippen LogP contribution in [0.1, 0.15) is 34.9 Å². The number of hydrogen-bond donors (Lipinski definition) is 0. The van der Waals surface area contributed by atoms with E-state index in [4.69, 9.17) is 0 Å². The van der Waals surface area contributed by atoms with Gasteiger partial charge < -0.3 is 0 Å². The molecule has 19 heavy (non-hydrogen) atoms. The zero-order chi connectivity index (χ0) is 13.7. The molecule has 0 heterocycles. The van der Waals surface area contributed by atoms with Gasteiger partial charge in [0.1, 0.15) is 0 Å². The van der Waals surface area contributed by atoms with Crippen LogP contribution >= 0.6 is 27.7 Å². The lowest BCUT2D eigenvalue weighted by Crippen LogP contribution is -1.93. The van der Waals surface area contributed by atoms with Crippen LogP contribution in [-0.2, 0) is 6.42 Å². The minimum absolute atomic E-state index is 0.277. The van der Waals surface area contributed by atoms with Gasteiger partial charge in [0, 0.05) is 4.90 Å². The van der Waals surface area contributed by atoms with E-state index in [9.17, 15) is 0 Å². The van der Waals surface area contributed by atoms with E-state index in [1.165, 1.54) is 28.0 Å². The molecule has 2 aromatic rings. The molecule has 0 aromatic heterocycles. The van der Waals surface area contributed by atoms with Crippen molar-refractivity contribution in [3.63, 3.8) is 0 Å². The number of alkyl halides is 1. The van der Waals surface area contributed by atoms with Crippen molar-refractivity contribution in [3.8, 4) is 0 Å². The first-order valence-electron chi connectivity index (χ1n) is 6.61. The monoisotopic (exact) mass is 334 g/mol. The summed E-state index contributed by atoms with van der Waals surface area (Å²) in [5, 5.41) is 0.